The smallest absolute Gasteiger partial charge is 0.166 e. The zero-order valence-electron chi connectivity index (χ0n) is 18.7. The fraction of sp³-hybridized carbons (Fsp3) is 0.241. The minimum Gasteiger partial charge on any atom is -0.494 e. The number of methoxy groups -OCH3 is 1. The minimum atomic E-state index is -0.760. The Morgan fingerprint density at radius 1 is 0.939 bits per heavy atom. The van der Waals surface area contributed by atoms with Gasteiger partial charge in [-0.15, -0.1) is 6.58 Å². The summed E-state index contributed by atoms with van der Waals surface area (Å²) in [7, 11) is 1.43. The van der Waals surface area contributed by atoms with Gasteiger partial charge < -0.3 is 4.74 Å². The molecule has 33 heavy (non-hydrogen) atoms. The third-order valence-electron chi connectivity index (χ3n) is 6.42. The molecule has 0 radical (unpaired) electrons. The Bertz CT molecular complexity index is 1180. The number of halogens is 3. The average molecular weight is 449 g/mol. The summed E-state index contributed by atoms with van der Waals surface area (Å²) < 4.78 is 48.5. The Balaban J connectivity index is 1.44. The lowest BCUT2D eigenvalue weighted by atomic mass is 9.86. The quantitative estimate of drug-likeness (QED) is 0.333. The maximum absolute atomic E-state index is 14.8. The Labute approximate surface area is 193 Å². The van der Waals surface area contributed by atoms with Gasteiger partial charge in [0.2, 0.25) is 0 Å². The van der Waals surface area contributed by atoms with Gasteiger partial charge in [-0.2, -0.15) is 0 Å². The van der Waals surface area contributed by atoms with E-state index < -0.39 is 17.5 Å². The lowest BCUT2D eigenvalue weighted by Crippen LogP contribution is -2.06. The van der Waals surface area contributed by atoms with Crippen LogP contribution in [0.15, 0.2) is 73.3 Å². The van der Waals surface area contributed by atoms with Crippen LogP contribution in [0.2, 0.25) is 0 Å². The van der Waals surface area contributed by atoms with Gasteiger partial charge in [0.05, 0.1) is 7.11 Å². The van der Waals surface area contributed by atoms with Gasteiger partial charge >= 0.3 is 0 Å². The van der Waals surface area contributed by atoms with Gasteiger partial charge in [-0.05, 0) is 78.0 Å². The standard InChI is InChI=1S/C29H27F3O/c1-3-19-4-11-22(12-5-19)25-16-14-23(28(31)29(25)32)13-8-20-6-9-21(10-7-20)24-15-17-27(33-2)26(30)18-24/h3,6-7,9-11,14-19H,1,4-5,8,12-13H2,2H3. The molecule has 1 aliphatic carbocycles. The summed E-state index contributed by atoms with van der Waals surface area (Å²) in [6.07, 6.45) is 7.38. The molecule has 0 spiro atoms. The fourth-order valence-electron chi connectivity index (χ4n) is 4.33. The first kappa shape index (κ1) is 22.9. The SMILES string of the molecule is C=CC1CC=C(c2ccc(CCc3ccc(-c4ccc(OC)c(F)c4)cc3)c(F)c2F)CC1. The highest BCUT2D eigenvalue weighted by Gasteiger charge is 2.19. The van der Waals surface area contributed by atoms with Gasteiger partial charge in [0.25, 0.3) is 0 Å². The van der Waals surface area contributed by atoms with Crippen molar-refractivity contribution in [2.75, 3.05) is 7.11 Å². The van der Waals surface area contributed by atoms with Crippen molar-refractivity contribution in [3.63, 3.8) is 0 Å². The molecule has 170 valence electrons. The van der Waals surface area contributed by atoms with E-state index in [0.29, 0.717) is 29.9 Å². The zero-order valence-corrected chi connectivity index (χ0v) is 18.7. The molecule has 0 heterocycles. The van der Waals surface area contributed by atoms with Crippen molar-refractivity contribution in [3.8, 4) is 16.9 Å². The van der Waals surface area contributed by atoms with Crippen molar-refractivity contribution in [3.05, 3.63) is 107 Å². The molecule has 4 heteroatoms. The summed E-state index contributed by atoms with van der Waals surface area (Å²) in [6.45, 7) is 3.82. The summed E-state index contributed by atoms with van der Waals surface area (Å²) >= 11 is 0. The first-order chi connectivity index (χ1) is 16.0. The van der Waals surface area contributed by atoms with Gasteiger partial charge in [0.1, 0.15) is 0 Å². The van der Waals surface area contributed by atoms with E-state index in [-0.39, 0.29) is 5.75 Å². The van der Waals surface area contributed by atoms with E-state index in [0.717, 1.165) is 41.5 Å². The van der Waals surface area contributed by atoms with Crippen molar-refractivity contribution < 1.29 is 17.9 Å². The summed E-state index contributed by atoms with van der Waals surface area (Å²) in [5.41, 5.74) is 4.25. The molecule has 4 rings (SSSR count). The van der Waals surface area contributed by atoms with Crippen molar-refractivity contribution in [2.45, 2.75) is 32.1 Å². The van der Waals surface area contributed by atoms with E-state index in [4.69, 9.17) is 4.74 Å². The number of allylic oxidation sites excluding steroid dienone is 3. The highest BCUT2D eigenvalue weighted by atomic mass is 19.2. The third-order valence-corrected chi connectivity index (χ3v) is 6.42. The molecule has 1 nitrogen and oxygen atoms in total. The van der Waals surface area contributed by atoms with Crippen LogP contribution in [0.1, 0.15) is 36.0 Å². The first-order valence-corrected chi connectivity index (χ1v) is 11.2. The third kappa shape index (κ3) is 5.05. The Hall–Kier alpha value is -3.27. The van der Waals surface area contributed by atoms with Crippen molar-refractivity contribution in [1.29, 1.82) is 0 Å². The van der Waals surface area contributed by atoms with E-state index in [1.807, 2.05) is 36.4 Å². The number of ether oxygens (including phenoxy) is 1. The van der Waals surface area contributed by atoms with E-state index in [9.17, 15) is 13.2 Å². The summed E-state index contributed by atoms with van der Waals surface area (Å²) in [6, 6.07) is 15.9. The van der Waals surface area contributed by atoms with Crippen LogP contribution < -0.4 is 4.74 Å². The lowest BCUT2D eigenvalue weighted by Gasteiger charge is -2.20. The molecule has 0 amide bonds. The molecule has 0 aromatic heterocycles. The lowest BCUT2D eigenvalue weighted by molar-refractivity contribution is 0.386. The van der Waals surface area contributed by atoms with Gasteiger partial charge in [-0.3, -0.25) is 0 Å². The largest absolute Gasteiger partial charge is 0.494 e. The van der Waals surface area contributed by atoms with Gasteiger partial charge in [-0.1, -0.05) is 54.6 Å². The monoisotopic (exact) mass is 448 g/mol. The summed E-state index contributed by atoms with van der Waals surface area (Å²) in [4.78, 5) is 0. The maximum Gasteiger partial charge on any atom is 0.166 e. The number of rotatable bonds is 7. The van der Waals surface area contributed by atoms with E-state index in [1.165, 1.54) is 13.2 Å². The zero-order chi connectivity index (χ0) is 23.4. The topological polar surface area (TPSA) is 9.23 Å². The van der Waals surface area contributed by atoms with E-state index in [1.54, 1.807) is 24.3 Å². The second kappa shape index (κ2) is 10.1. The molecular weight excluding hydrogens is 421 g/mol. The van der Waals surface area contributed by atoms with Crippen LogP contribution in [0, 0.1) is 23.4 Å². The van der Waals surface area contributed by atoms with E-state index in [2.05, 4.69) is 6.58 Å². The van der Waals surface area contributed by atoms with Crippen LogP contribution in [-0.4, -0.2) is 7.11 Å². The van der Waals surface area contributed by atoms with Crippen molar-refractivity contribution in [1.82, 2.24) is 0 Å². The van der Waals surface area contributed by atoms with Gasteiger partial charge in [0.15, 0.2) is 23.2 Å². The molecule has 0 saturated carbocycles. The van der Waals surface area contributed by atoms with Crippen LogP contribution in [0.25, 0.3) is 16.7 Å². The molecule has 0 N–H and O–H groups in total. The summed E-state index contributed by atoms with van der Waals surface area (Å²) in [5, 5.41) is 0. The number of aryl methyl sites for hydroxylation is 2. The molecule has 3 aromatic rings. The molecule has 0 bridgehead atoms. The average Bonchev–Trinajstić information content (AvgIpc) is 2.85. The Kier molecular flexibility index (Phi) is 7.02. The maximum atomic E-state index is 14.8. The van der Waals surface area contributed by atoms with Gasteiger partial charge in [-0.25, -0.2) is 13.2 Å². The second-order valence-electron chi connectivity index (χ2n) is 8.45. The first-order valence-electron chi connectivity index (χ1n) is 11.2. The predicted molar refractivity (Wildman–Crippen MR) is 128 cm³/mol. The van der Waals surface area contributed by atoms with Crippen molar-refractivity contribution >= 4 is 5.57 Å². The predicted octanol–water partition coefficient (Wildman–Crippen LogP) is 7.93. The number of benzene rings is 3. The minimum absolute atomic E-state index is 0.205. The molecule has 1 unspecified atom stereocenters. The van der Waals surface area contributed by atoms with Crippen LogP contribution >= 0.6 is 0 Å². The molecule has 3 aromatic carbocycles. The molecule has 0 fully saturated rings. The van der Waals surface area contributed by atoms with Crippen LogP contribution in [0.3, 0.4) is 0 Å². The number of hydrogen-bond donors (Lipinski definition) is 0. The van der Waals surface area contributed by atoms with Crippen molar-refractivity contribution in [2.24, 2.45) is 5.92 Å². The molecule has 1 aliphatic rings. The van der Waals surface area contributed by atoms with Crippen LogP contribution in [0.4, 0.5) is 13.2 Å². The molecule has 0 aliphatic heterocycles. The highest BCUT2D eigenvalue weighted by Crippen LogP contribution is 2.33. The highest BCUT2D eigenvalue weighted by molar-refractivity contribution is 5.67. The Morgan fingerprint density at radius 3 is 2.33 bits per heavy atom. The van der Waals surface area contributed by atoms with Crippen LogP contribution in [-0.2, 0) is 12.8 Å². The number of hydrogen-bond acceptors (Lipinski definition) is 1. The van der Waals surface area contributed by atoms with Gasteiger partial charge in [0, 0.05) is 5.56 Å². The van der Waals surface area contributed by atoms with Crippen LogP contribution in [0.5, 0.6) is 5.75 Å². The molecule has 1 atom stereocenters. The molecular formula is C29H27F3O. The van der Waals surface area contributed by atoms with E-state index >= 15 is 0 Å². The second-order valence-corrected chi connectivity index (χ2v) is 8.45. The fourth-order valence-corrected chi connectivity index (χ4v) is 4.33. The Morgan fingerprint density at radius 2 is 1.70 bits per heavy atom. The summed E-state index contributed by atoms with van der Waals surface area (Å²) in [5.74, 6) is -1.31. The molecule has 0 saturated heterocycles. The normalized spacial score (nSPS) is 15.8.